The van der Waals surface area contributed by atoms with Crippen molar-refractivity contribution in [3.8, 4) is 11.5 Å². The molecule has 0 radical (unpaired) electrons. The second-order valence-corrected chi connectivity index (χ2v) is 9.99. The van der Waals surface area contributed by atoms with Crippen LogP contribution in [-0.4, -0.2) is 49.5 Å². The summed E-state index contributed by atoms with van der Waals surface area (Å²) in [5.41, 5.74) is 1.44. The molecule has 30 heavy (non-hydrogen) atoms. The molecule has 1 atom stereocenters. The van der Waals surface area contributed by atoms with Gasteiger partial charge in [-0.3, -0.25) is 4.79 Å². The standard InChI is InChI=1S/C23H29NO5S/c1-4-28-21-9-5-18(6-10-21)15-24(20-13-14-30(26,27)16-20)23(25)19-7-11-22(12-8-19)29-17(2)3/h5-12,17,20H,4,13-16H2,1-3H3. The van der Waals surface area contributed by atoms with Crippen LogP contribution < -0.4 is 9.47 Å². The molecule has 1 saturated heterocycles. The molecule has 0 saturated carbocycles. The van der Waals surface area contributed by atoms with Crippen LogP contribution in [0.3, 0.4) is 0 Å². The topological polar surface area (TPSA) is 72.9 Å². The maximum Gasteiger partial charge on any atom is 0.254 e. The van der Waals surface area contributed by atoms with Gasteiger partial charge in [0.1, 0.15) is 11.5 Å². The Morgan fingerprint density at radius 3 is 2.23 bits per heavy atom. The highest BCUT2D eigenvalue weighted by atomic mass is 32.2. The molecule has 6 nitrogen and oxygen atoms in total. The first-order valence-corrected chi connectivity index (χ1v) is 12.1. The Labute approximate surface area is 178 Å². The molecule has 0 N–H and O–H groups in total. The van der Waals surface area contributed by atoms with E-state index in [1.807, 2.05) is 45.0 Å². The zero-order chi connectivity index (χ0) is 21.7. The van der Waals surface area contributed by atoms with Crippen LogP contribution in [0.25, 0.3) is 0 Å². The minimum absolute atomic E-state index is 0.00428. The van der Waals surface area contributed by atoms with Gasteiger partial charge < -0.3 is 14.4 Å². The lowest BCUT2D eigenvalue weighted by Gasteiger charge is -2.28. The average Bonchev–Trinajstić information content (AvgIpc) is 3.07. The fourth-order valence-electron chi connectivity index (χ4n) is 3.56. The van der Waals surface area contributed by atoms with Crippen LogP contribution in [-0.2, 0) is 16.4 Å². The third-order valence-corrected chi connectivity index (χ3v) is 6.72. The first-order chi connectivity index (χ1) is 14.3. The molecule has 2 aromatic carbocycles. The van der Waals surface area contributed by atoms with E-state index >= 15 is 0 Å². The zero-order valence-corrected chi connectivity index (χ0v) is 18.5. The molecule has 0 aromatic heterocycles. The summed E-state index contributed by atoms with van der Waals surface area (Å²) < 4.78 is 35.2. The summed E-state index contributed by atoms with van der Waals surface area (Å²) in [6.45, 7) is 6.73. The van der Waals surface area contributed by atoms with Gasteiger partial charge >= 0.3 is 0 Å². The monoisotopic (exact) mass is 431 g/mol. The number of hydrogen-bond acceptors (Lipinski definition) is 5. The van der Waals surface area contributed by atoms with Crippen LogP contribution in [0.2, 0.25) is 0 Å². The second-order valence-electron chi connectivity index (χ2n) is 7.76. The Kier molecular flexibility index (Phi) is 7.02. The molecule has 3 rings (SSSR count). The van der Waals surface area contributed by atoms with Gasteiger partial charge in [0, 0.05) is 18.2 Å². The number of hydrogen-bond donors (Lipinski definition) is 0. The molecule has 1 aliphatic heterocycles. The first-order valence-electron chi connectivity index (χ1n) is 10.3. The molecule has 2 aromatic rings. The van der Waals surface area contributed by atoms with E-state index in [1.165, 1.54) is 0 Å². The van der Waals surface area contributed by atoms with Crippen molar-refractivity contribution in [3.05, 3.63) is 59.7 Å². The number of amides is 1. The highest BCUT2D eigenvalue weighted by Gasteiger charge is 2.35. The van der Waals surface area contributed by atoms with Crippen molar-refractivity contribution in [2.24, 2.45) is 0 Å². The Hall–Kier alpha value is -2.54. The number of rotatable bonds is 8. The molecule has 0 spiro atoms. The second kappa shape index (κ2) is 9.51. The molecule has 0 bridgehead atoms. The van der Waals surface area contributed by atoms with Gasteiger partial charge in [0.2, 0.25) is 0 Å². The molecule has 1 unspecified atom stereocenters. The zero-order valence-electron chi connectivity index (χ0n) is 17.7. The third-order valence-electron chi connectivity index (χ3n) is 4.97. The van der Waals surface area contributed by atoms with Gasteiger partial charge in [-0.1, -0.05) is 12.1 Å². The Morgan fingerprint density at radius 1 is 1.07 bits per heavy atom. The van der Waals surface area contributed by atoms with Crippen molar-refractivity contribution >= 4 is 15.7 Å². The molecule has 1 aliphatic rings. The van der Waals surface area contributed by atoms with E-state index in [4.69, 9.17) is 9.47 Å². The number of carbonyl (C=O) groups excluding carboxylic acids is 1. The van der Waals surface area contributed by atoms with E-state index < -0.39 is 9.84 Å². The normalized spacial score (nSPS) is 17.7. The van der Waals surface area contributed by atoms with Gasteiger partial charge in [-0.2, -0.15) is 0 Å². The number of sulfone groups is 1. The number of nitrogens with zero attached hydrogens (tertiary/aromatic N) is 1. The van der Waals surface area contributed by atoms with Crippen LogP contribution in [0.1, 0.15) is 43.1 Å². The van der Waals surface area contributed by atoms with Crippen molar-refractivity contribution in [2.75, 3.05) is 18.1 Å². The summed E-state index contributed by atoms with van der Waals surface area (Å²) in [7, 11) is -3.12. The number of ether oxygens (including phenoxy) is 2. The van der Waals surface area contributed by atoms with Gasteiger partial charge in [-0.05, 0) is 69.2 Å². The van der Waals surface area contributed by atoms with Crippen molar-refractivity contribution < 1.29 is 22.7 Å². The van der Waals surface area contributed by atoms with Crippen LogP contribution in [0, 0.1) is 0 Å². The smallest absolute Gasteiger partial charge is 0.254 e. The third kappa shape index (κ3) is 5.75. The van der Waals surface area contributed by atoms with E-state index in [2.05, 4.69) is 0 Å². The molecule has 162 valence electrons. The van der Waals surface area contributed by atoms with E-state index in [0.29, 0.717) is 30.9 Å². The molecule has 1 fully saturated rings. The van der Waals surface area contributed by atoms with Crippen molar-refractivity contribution in [2.45, 2.75) is 45.9 Å². The number of carbonyl (C=O) groups is 1. The van der Waals surface area contributed by atoms with E-state index in [-0.39, 0.29) is 29.6 Å². The Bertz CT molecular complexity index is 952. The van der Waals surface area contributed by atoms with Crippen LogP contribution in [0.4, 0.5) is 0 Å². The Morgan fingerprint density at radius 2 is 1.70 bits per heavy atom. The molecular weight excluding hydrogens is 402 g/mol. The van der Waals surface area contributed by atoms with Crippen molar-refractivity contribution in [3.63, 3.8) is 0 Å². The average molecular weight is 432 g/mol. The van der Waals surface area contributed by atoms with Crippen molar-refractivity contribution in [1.29, 1.82) is 0 Å². The SMILES string of the molecule is CCOc1ccc(CN(C(=O)c2ccc(OC(C)C)cc2)C2CCS(=O)(=O)C2)cc1. The van der Waals surface area contributed by atoms with E-state index in [9.17, 15) is 13.2 Å². The van der Waals surface area contributed by atoms with Gasteiger partial charge in [0.05, 0.1) is 24.2 Å². The maximum absolute atomic E-state index is 13.3. The van der Waals surface area contributed by atoms with Gasteiger partial charge in [-0.15, -0.1) is 0 Å². The predicted molar refractivity (Wildman–Crippen MR) is 117 cm³/mol. The lowest BCUT2D eigenvalue weighted by atomic mass is 10.1. The summed E-state index contributed by atoms with van der Waals surface area (Å²) in [5.74, 6) is 1.41. The van der Waals surface area contributed by atoms with Gasteiger partial charge in [0.25, 0.3) is 5.91 Å². The molecular formula is C23H29NO5S. The highest BCUT2D eigenvalue weighted by Crippen LogP contribution is 2.24. The summed E-state index contributed by atoms with van der Waals surface area (Å²) in [6.07, 6.45) is 0.506. The van der Waals surface area contributed by atoms with Crippen LogP contribution in [0.5, 0.6) is 11.5 Å². The van der Waals surface area contributed by atoms with E-state index in [0.717, 1.165) is 11.3 Å². The minimum Gasteiger partial charge on any atom is -0.494 e. The summed E-state index contributed by atoms with van der Waals surface area (Å²) in [5, 5.41) is 0. The first kappa shape index (κ1) is 22.2. The van der Waals surface area contributed by atoms with Gasteiger partial charge in [0.15, 0.2) is 9.84 Å². The fraction of sp³-hybridized carbons (Fsp3) is 0.435. The largest absolute Gasteiger partial charge is 0.494 e. The molecule has 1 amide bonds. The summed E-state index contributed by atoms with van der Waals surface area (Å²) >= 11 is 0. The maximum atomic E-state index is 13.3. The summed E-state index contributed by atoms with van der Waals surface area (Å²) in [6, 6.07) is 14.2. The molecule has 1 heterocycles. The van der Waals surface area contributed by atoms with Crippen LogP contribution in [0.15, 0.2) is 48.5 Å². The molecule has 7 heteroatoms. The predicted octanol–water partition coefficient (Wildman–Crippen LogP) is 3.70. The highest BCUT2D eigenvalue weighted by molar-refractivity contribution is 7.91. The minimum atomic E-state index is -3.12. The van der Waals surface area contributed by atoms with Gasteiger partial charge in [-0.25, -0.2) is 8.42 Å². The lowest BCUT2D eigenvalue weighted by molar-refractivity contribution is 0.0681. The quantitative estimate of drug-likeness (QED) is 0.637. The fourth-order valence-corrected chi connectivity index (χ4v) is 5.29. The summed E-state index contributed by atoms with van der Waals surface area (Å²) in [4.78, 5) is 15.0. The molecule has 0 aliphatic carbocycles. The lowest BCUT2D eigenvalue weighted by Crippen LogP contribution is -2.40. The van der Waals surface area contributed by atoms with Crippen molar-refractivity contribution in [1.82, 2.24) is 4.90 Å². The van der Waals surface area contributed by atoms with E-state index in [1.54, 1.807) is 29.2 Å². The Balaban J connectivity index is 1.82. The number of benzene rings is 2. The van der Waals surface area contributed by atoms with Crippen LogP contribution >= 0.6 is 0 Å².